The minimum absolute atomic E-state index is 0.160. The Morgan fingerprint density at radius 3 is 0.677 bits per heavy atom. The van der Waals surface area contributed by atoms with Crippen LogP contribution in [0, 0.1) is 0 Å². The van der Waals surface area contributed by atoms with E-state index in [-0.39, 0.29) is 10.8 Å². The van der Waals surface area contributed by atoms with Gasteiger partial charge in [-0.1, -0.05) is 440 Å². The second-order valence-electron chi connectivity index (χ2n) is 36.4. The van der Waals surface area contributed by atoms with Gasteiger partial charge in [0.25, 0.3) is 0 Å². The quantitative estimate of drug-likeness (QED) is 0.107. The maximum Gasteiger partial charge on any atom is 0.0726 e. The Kier molecular flexibility index (Phi) is 18.5. The van der Waals surface area contributed by atoms with Gasteiger partial charge in [0.2, 0.25) is 0 Å². The second-order valence-corrected chi connectivity index (χ2v) is 36.4. The van der Waals surface area contributed by atoms with Crippen LogP contribution >= 0.6 is 0 Å². The molecule has 20 aromatic rings. The van der Waals surface area contributed by atoms with E-state index >= 15 is 0 Å². The lowest BCUT2D eigenvalue weighted by Gasteiger charge is -2.35. The van der Waals surface area contributed by atoms with Crippen LogP contribution in [0.3, 0.4) is 0 Å². The smallest absolute Gasteiger partial charge is 0.0726 e. The fourth-order valence-corrected chi connectivity index (χ4v) is 22.8. The van der Waals surface area contributed by atoms with Gasteiger partial charge in [0, 0.05) is 44.7 Å². The van der Waals surface area contributed by atoms with Crippen LogP contribution in [0.1, 0.15) is 94.5 Å². The summed E-state index contributed by atoms with van der Waals surface area (Å²) in [6, 6.07) is 180. The number of anilines is 6. The number of rotatable bonds is 14. The number of fused-ring (bicyclic) bond motifs is 19. The van der Waals surface area contributed by atoms with Crippen molar-refractivity contribution in [2.45, 2.75) is 49.4 Å². The van der Waals surface area contributed by atoms with Gasteiger partial charge in [-0.05, 0) is 251 Å². The van der Waals surface area contributed by atoms with Crippen LogP contribution in [0.2, 0.25) is 0 Å². The number of nitrogens with zero attached hydrogens (tertiary/aromatic N) is 2. The average molecular weight is 1660 g/mol. The Labute approximate surface area is 762 Å². The molecule has 0 fully saturated rings. The lowest BCUT2D eigenvalue weighted by molar-refractivity contribution is 0.660. The summed E-state index contributed by atoms with van der Waals surface area (Å²) in [4.78, 5) is 5.06. The highest BCUT2D eigenvalue weighted by molar-refractivity contribution is 6.01. The monoisotopic (exact) mass is 1660 g/mol. The Morgan fingerprint density at radius 2 is 0.354 bits per heavy atom. The summed E-state index contributed by atoms with van der Waals surface area (Å²) in [6.07, 6.45) is 0. The molecule has 25 rings (SSSR count). The molecule has 0 aliphatic heterocycles. The van der Waals surface area contributed by atoms with Gasteiger partial charge in [0.15, 0.2) is 0 Å². The normalized spacial score (nSPS) is 13.8. The fourth-order valence-electron chi connectivity index (χ4n) is 22.8. The highest BCUT2D eigenvalue weighted by atomic mass is 15.2. The van der Waals surface area contributed by atoms with Crippen molar-refractivity contribution in [1.29, 1.82) is 0 Å². The summed E-state index contributed by atoms with van der Waals surface area (Å²) in [5.41, 5.74) is 48.6. The van der Waals surface area contributed by atoms with Crippen LogP contribution in [-0.2, 0) is 21.7 Å². The van der Waals surface area contributed by atoms with E-state index in [1.54, 1.807) is 0 Å². The number of benzene rings is 20. The van der Waals surface area contributed by atoms with E-state index in [0.717, 1.165) is 34.1 Å². The summed E-state index contributed by atoms with van der Waals surface area (Å²) in [7, 11) is 0. The molecule has 0 N–H and O–H groups in total. The molecule has 0 bridgehead atoms. The van der Waals surface area contributed by atoms with E-state index in [1.807, 2.05) is 0 Å². The molecule has 0 amide bonds. The van der Waals surface area contributed by atoms with Crippen molar-refractivity contribution in [3.05, 3.63) is 552 Å². The van der Waals surface area contributed by atoms with E-state index in [1.165, 1.54) is 189 Å². The first-order valence-electron chi connectivity index (χ1n) is 45.6. The molecule has 1 spiro atoms. The van der Waals surface area contributed by atoms with Crippen molar-refractivity contribution in [3.63, 3.8) is 0 Å². The Bertz CT molecular complexity index is 7320. The third kappa shape index (κ3) is 12.2. The van der Waals surface area contributed by atoms with Gasteiger partial charge in [-0.3, -0.25) is 0 Å². The van der Waals surface area contributed by atoms with E-state index in [0.29, 0.717) is 0 Å². The zero-order valence-corrected chi connectivity index (χ0v) is 73.1. The van der Waals surface area contributed by atoms with Crippen molar-refractivity contribution in [3.8, 4) is 122 Å². The Hall–Kier alpha value is -16.0. The predicted octanol–water partition coefficient (Wildman–Crippen LogP) is 33.6. The molecule has 614 valence electrons. The van der Waals surface area contributed by atoms with Gasteiger partial charge < -0.3 is 9.80 Å². The first-order chi connectivity index (χ1) is 64.0. The molecule has 20 aromatic carbocycles. The molecule has 5 aliphatic carbocycles. The molecule has 2 nitrogen and oxygen atoms in total. The van der Waals surface area contributed by atoms with Crippen LogP contribution in [0.15, 0.2) is 485 Å². The van der Waals surface area contributed by atoms with Gasteiger partial charge in [-0.2, -0.15) is 0 Å². The highest BCUT2D eigenvalue weighted by Crippen LogP contribution is 2.65. The Balaban J connectivity index is 0.000000144. The standard InChI is InChI=1S/C64H45N.C64H47N/c1-63(2)56-25-13-9-21-49(56)53-36-34-47(40-60(53)63)65(62-38-33-46(39-55(62)45-19-7-4-8-20-45)44-31-29-43(30-32-44)42-17-5-3-6-18-42)48-35-37-54-52-24-12-16-28-59(52)64(61(54)41-48)57-26-14-10-22-50(57)51-23-11-15-27-58(51)64;1-63(2)58-29-17-15-27-53(58)55-38-36-51(42-60(55)63)65(62-40-35-48(41-57(62)47-21-9-4-10-22-47)46-33-31-45(32-34-46)44-19-7-3-8-20-44)52-37-39-56-54-28-16-18-30-59(54)64(61(56)43-52,49-23-11-5-12-24-49)50-25-13-6-14-26-50/h3-41H,1-2H3;3-43H,1-2H3. The summed E-state index contributed by atoms with van der Waals surface area (Å²) in [5.74, 6) is 0. The van der Waals surface area contributed by atoms with Crippen LogP contribution < -0.4 is 9.80 Å². The highest BCUT2D eigenvalue weighted by Gasteiger charge is 2.53. The second kappa shape index (κ2) is 31.0. The largest absolute Gasteiger partial charge is 0.310 e. The molecular weight excluding hydrogens is 1570 g/mol. The first-order valence-corrected chi connectivity index (χ1v) is 45.6. The van der Waals surface area contributed by atoms with Crippen LogP contribution in [-0.4, -0.2) is 0 Å². The summed E-state index contributed by atoms with van der Waals surface area (Å²) in [5, 5.41) is 0. The predicted molar refractivity (Wildman–Crippen MR) is 544 cm³/mol. The number of hydrogen-bond acceptors (Lipinski definition) is 2. The average Bonchev–Trinajstić information content (AvgIpc) is 1.59. The van der Waals surface area contributed by atoms with Gasteiger partial charge in [-0.15, -0.1) is 0 Å². The topological polar surface area (TPSA) is 6.48 Å². The van der Waals surface area contributed by atoms with Crippen LogP contribution in [0.25, 0.3) is 122 Å². The summed E-state index contributed by atoms with van der Waals surface area (Å²) >= 11 is 0. The summed E-state index contributed by atoms with van der Waals surface area (Å²) in [6.45, 7) is 9.51. The molecule has 0 unspecified atom stereocenters. The molecule has 0 atom stereocenters. The van der Waals surface area contributed by atoms with Crippen molar-refractivity contribution in [2.75, 3.05) is 9.80 Å². The van der Waals surface area contributed by atoms with Crippen LogP contribution in [0.5, 0.6) is 0 Å². The minimum atomic E-state index is -0.532. The molecule has 130 heavy (non-hydrogen) atoms. The molecule has 0 aromatic heterocycles. The van der Waals surface area contributed by atoms with Crippen LogP contribution in [0.4, 0.5) is 34.1 Å². The third-order valence-electron chi connectivity index (χ3n) is 28.9. The fraction of sp³-hybridized carbons (Fsp3) is 0.0625. The maximum absolute atomic E-state index is 2.54. The van der Waals surface area contributed by atoms with E-state index in [9.17, 15) is 0 Å². The minimum Gasteiger partial charge on any atom is -0.310 e. The summed E-state index contributed by atoms with van der Waals surface area (Å²) < 4.78 is 0. The van der Waals surface area contributed by atoms with Gasteiger partial charge in [-0.25, -0.2) is 0 Å². The SMILES string of the molecule is CC1(C)c2ccccc2-c2ccc(N(c3ccc4c(c3)C(c3ccccc3)(c3ccccc3)c3ccccc3-4)c3ccc(-c4ccc(-c5ccccc5)cc4)cc3-c3ccccc3)cc21.CC1(C)c2ccccc2-c2ccc(N(c3ccc4c(c3)C3(c5ccccc5-c5ccccc53)c3ccccc3-4)c3ccc(-c4ccc(-c5ccccc5)cc4)cc3-c3ccccc3)cc21. The van der Waals surface area contributed by atoms with Gasteiger partial charge >= 0.3 is 0 Å². The molecule has 0 radical (unpaired) electrons. The third-order valence-corrected chi connectivity index (χ3v) is 28.9. The maximum atomic E-state index is 2.54. The lowest BCUT2D eigenvalue weighted by Crippen LogP contribution is -2.28. The van der Waals surface area contributed by atoms with E-state index < -0.39 is 10.8 Å². The van der Waals surface area contributed by atoms with Crippen molar-refractivity contribution in [2.24, 2.45) is 0 Å². The Morgan fingerprint density at radius 1 is 0.138 bits per heavy atom. The van der Waals surface area contributed by atoms with Gasteiger partial charge in [0.1, 0.15) is 0 Å². The van der Waals surface area contributed by atoms with Gasteiger partial charge in [0.05, 0.1) is 22.2 Å². The molecular formula is C128H92N2. The van der Waals surface area contributed by atoms with Crippen molar-refractivity contribution < 1.29 is 0 Å². The van der Waals surface area contributed by atoms with E-state index in [4.69, 9.17) is 0 Å². The molecule has 2 heteroatoms. The molecule has 5 aliphatic rings. The molecule has 0 heterocycles. The first kappa shape index (κ1) is 77.6. The zero-order chi connectivity index (χ0) is 86.8. The van der Waals surface area contributed by atoms with E-state index in [2.05, 4.69) is 523 Å². The molecule has 0 saturated carbocycles. The van der Waals surface area contributed by atoms with Crippen molar-refractivity contribution >= 4 is 34.1 Å². The lowest BCUT2D eigenvalue weighted by atomic mass is 9.67. The zero-order valence-electron chi connectivity index (χ0n) is 73.1. The number of hydrogen-bond donors (Lipinski definition) is 0. The van der Waals surface area contributed by atoms with Crippen molar-refractivity contribution in [1.82, 2.24) is 0 Å². The molecule has 0 saturated heterocycles.